The number of benzene rings is 1. The van der Waals surface area contributed by atoms with Gasteiger partial charge in [-0.05, 0) is 19.4 Å². The lowest BCUT2D eigenvalue weighted by Crippen LogP contribution is -2.46. The van der Waals surface area contributed by atoms with Crippen LogP contribution in [0, 0.1) is 6.92 Å². The molecule has 4 nitrogen and oxygen atoms in total. The normalized spacial score (nSPS) is 13.7. The Bertz CT molecular complexity index is 597. The minimum atomic E-state index is -0.851. The lowest BCUT2D eigenvalue weighted by atomic mass is 9.77. The molecule has 1 atom stereocenters. The van der Waals surface area contributed by atoms with Gasteiger partial charge in [0.2, 0.25) is 0 Å². The van der Waals surface area contributed by atoms with Crippen LogP contribution < -0.4 is 5.73 Å². The Hall–Kier alpha value is -1.72. The van der Waals surface area contributed by atoms with Crippen molar-refractivity contribution in [2.24, 2.45) is 5.73 Å². The molecule has 0 aliphatic carbocycles. The third-order valence-corrected chi connectivity index (χ3v) is 4.40. The topological polar surface area (TPSA) is 65.2 Å². The monoisotopic (exact) mass is 304 g/mol. The van der Waals surface area contributed by atoms with Gasteiger partial charge in [0, 0.05) is 24.0 Å². The van der Waals surface area contributed by atoms with E-state index in [2.05, 4.69) is 4.98 Å². The van der Waals surface area contributed by atoms with Gasteiger partial charge in [0.1, 0.15) is 5.41 Å². The van der Waals surface area contributed by atoms with Crippen LogP contribution in [0.25, 0.3) is 0 Å². The number of aromatic nitrogens is 1. The van der Waals surface area contributed by atoms with Gasteiger partial charge in [0.25, 0.3) is 0 Å². The molecule has 2 rings (SSSR count). The van der Waals surface area contributed by atoms with Crippen LogP contribution in [-0.4, -0.2) is 24.1 Å². The zero-order valence-electron chi connectivity index (χ0n) is 12.3. The van der Waals surface area contributed by atoms with Crippen molar-refractivity contribution in [2.75, 3.05) is 13.2 Å². The Morgan fingerprint density at radius 3 is 2.62 bits per heavy atom. The van der Waals surface area contributed by atoms with E-state index in [1.165, 1.54) is 0 Å². The molecule has 2 aromatic rings. The summed E-state index contributed by atoms with van der Waals surface area (Å²) in [5.74, 6) is -0.273. The number of hydrogen-bond acceptors (Lipinski definition) is 5. The first-order chi connectivity index (χ1) is 10.1. The number of hydrogen-bond donors (Lipinski definition) is 1. The number of nitrogens with two attached hydrogens (primary N) is 1. The Kier molecular flexibility index (Phi) is 5.09. The first-order valence-corrected chi connectivity index (χ1v) is 7.78. The van der Waals surface area contributed by atoms with Crippen molar-refractivity contribution in [2.45, 2.75) is 25.7 Å². The first kappa shape index (κ1) is 15.7. The van der Waals surface area contributed by atoms with Crippen LogP contribution in [0.4, 0.5) is 0 Å². The third kappa shape index (κ3) is 3.31. The molecule has 0 bridgehead atoms. The van der Waals surface area contributed by atoms with E-state index >= 15 is 0 Å². The fourth-order valence-electron chi connectivity index (χ4n) is 2.38. The van der Waals surface area contributed by atoms with E-state index < -0.39 is 5.41 Å². The Morgan fingerprint density at radius 2 is 2.10 bits per heavy atom. The largest absolute Gasteiger partial charge is 0.465 e. The van der Waals surface area contributed by atoms with E-state index in [-0.39, 0.29) is 12.5 Å². The number of aryl methyl sites for hydroxylation is 1. The zero-order chi connectivity index (χ0) is 15.3. The van der Waals surface area contributed by atoms with Crippen molar-refractivity contribution in [3.63, 3.8) is 0 Å². The second kappa shape index (κ2) is 6.83. The van der Waals surface area contributed by atoms with Crippen molar-refractivity contribution in [1.29, 1.82) is 0 Å². The molecule has 0 saturated heterocycles. The van der Waals surface area contributed by atoms with E-state index in [1.807, 2.05) is 43.5 Å². The van der Waals surface area contributed by atoms with Crippen LogP contribution in [0.1, 0.15) is 22.4 Å². The van der Waals surface area contributed by atoms with Gasteiger partial charge >= 0.3 is 5.97 Å². The summed E-state index contributed by atoms with van der Waals surface area (Å²) in [4.78, 5) is 17.9. The van der Waals surface area contributed by atoms with E-state index in [1.54, 1.807) is 18.3 Å². The number of esters is 1. The van der Waals surface area contributed by atoms with Crippen molar-refractivity contribution < 1.29 is 9.53 Å². The molecule has 2 N–H and O–H groups in total. The maximum atomic E-state index is 12.6. The van der Waals surface area contributed by atoms with E-state index in [9.17, 15) is 4.79 Å². The van der Waals surface area contributed by atoms with Gasteiger partial charge in [0.15, 0.2) is 0 Å². The summed E-state index contributed by atoms with van der Waals surface area (Å²) in [7, 11) is 0. The van der Waals surface area contributed by atoms with Gasteiger partial charge in [0.05, 0.1) is 11.6 Å². The SMILES string of the molecule is CCOC(=O)C(CN)(Cc1cnc(C)s1)c1ccccc1. The minimum absolute atomic E-state index is 0.201. The quantitative estimate of drug-likeness (QED) is 0.833. The number of ether oxygens (including phenoxy) is 1. The van der Waals surface area contributed by atoms with E-state index in [4.69, 9.17) is 10.5 Å². The highest BCUT2D eigenvalue weighted by Gasteiger charge is 2.41. The molecule has 1 heterocycles. The molecule has 1 aromatic heterocycles. The second-order valence-electron chi connectivity index (χ2n) is 4.90. The maximum Gasteiger partial charge on any atom is 0.318 e. The van der Waals surface area contributed by atoms with Crippen LogP contribution in [-0.2, 0) is 21.4 Å². The fraction of sp³-hybridized carbons (Fsp3) is 0.375. The van der Waals surface area contributed by atoms with Gasteiger partial charge in [-0.3, -0.25) is 4.79 Å². The number of nitrogens with zero attached hydrogens (tertiary/aromatic N) is 1. The number of thiazole rings is 1. The molecule has 21 heavy (non-hydrogen) atoms. The summed E-state index contributed by atoms with van der Waals surface area (Å²) in [5.41, 5.74) is 6.04. The fourth-order valence-corrected chi connectivity index (χ4v) is 3.29. The predicted octanol–water partition coefficient (Wildman–Crippen LogP) is 2.45. The van der Waals surface area contributed by atoms with E-state index in [0.717, 1.165) is 15.4 Å². The molecule has 0 amide bonds. The molecule has 0 radical (unpaired) electrons. The van der Waals surface area contributed by atoms with Gasteiger partial charge in [-0.25, -0.2) is 4.98 Å². The van der Waals surface area contributed by atoms with Crippen LogP contribution in [0.5, 0.6) is 0 Å². The Morgan fingerprint density at radius 1 is 1.38 bits per heavy atom. The molecule has 0 fully saturated rings. The highest BCUT2D eigenvalue weighted by molar-refractivity contribution is 7.11. The number of carbonyl (C=O) groups is 1. The van der Waals surface area contributed by atoms with Gasteiger partial charge in [-0.15, -0.1) is 11.3 Å². The van der Waals surface area contributed by atoms with E-state index in [0.29, 0.717) is 13.0 Å². The highest BCUT2D eigenvalue weighted by Crippen LogP contribution is 2.31. The van der Waals surface area contributed by atoms with Crippen molar-refractivity contribution in [3.8, 4) is 0 Å². The number of rotatable bonds is 6. The predicted molar refractivity (Wildman–Crippen MR) is 84.4 cm³/mol. The molecule has 5 heteroatoms. The molecule has 0 spiro atoms. The second-order valence-corrected chi connectivity index (χ2v) is 6.21. The standard InChI is InChI=1S/C16H20N2O2S/c1-3-20-15(19)16(11-17,13-7-5-4-6-8-13)9-14-10-18-12(2)21-14/h4-8,10H,3,9,11,17H2,1-2H3. The molecule has 0 aliphatic rings. The van der Waals surface area contributed by atoms with Crippen molar-refractivity contribution in [1.82, 2.24) is 4.98 Å². The highest BCUT2D eigenvalue weighted by atomic mass is 32.1. The lowest BCUT2D eigenvalue weighted by Gasteiger charge is -2.30. The summed E-state index contributed by atoms with van der Waals surface area (Å²) in [6.07, 6.45) is 2.32. The lowest BCUT2D eigenvalue weighted by molar-refractivity contribution is -0.149. The molecule has 1 aromatic carbocycles. The van der Waals surface area contributed by atoms with Gasteiger partial charge < -0.3 is 10.5 Å². The van der Waals surface area contributed by atoms with Gasteiger partial charge in [-0.1, -0.05) is 30.3 Å². The molecule has 0 aliphatic heterocycles. The van der Waals surface area contributed by atoms with Crippen molar-refractivity contribution >= 4 is 17.3 Å². The maximum absolute atomic E-state index is 12.6. The molecular weight excluding hydrogens is 284 g/mol. The minimum Gasteiger partial charge on any atom is -0.465 e. The summed E-state index contributed by atoms with van der Waals surface area (Å²) < 4.78 is 5.30. The summed E-state index contributed by atoms with van der Waals surface area (Å²) in [6.45, 7) is 4.30. The average molecular weight is 304 g/mol. The summed E-state index contributed by atoms with van der Waals surface area (Å²) in [5, 5.41) is 0.979. The zero-order valence-corrected chi connectivity index (χ0v) is 13.2. The molecule has 1 unspecified atom stereocenters. The van der Waals surface area contributed by atoms with Crippen LogP contribution >= 0.6 is 11.3 Å². The average Bonchev–Trinajstić information content (AvgIpc) is 2.91. The van der Waals surface area contributed by atoms with Crippen LogP contribution in [0.3, 0.4) is 0 Å². The Balaban J connectivity index is 2.43. The Labute approximate surface area is 129 Å². The number of carbonyl (C=O) groups excluding carboxylic acids is 1. The summed E-state index contributed by atoms with van der Waals surface area (Å²) in [6, 6.07) is 9.61. The van der Waals surface area contributed by atoms with Gasteiger partial charge in [-0.2, -0.15) is 0 Å². The van der Waals surface area contributed by atoms with Crippen molar-refractivity contribution in [3.05, 3.63) is 52.0 Å². The van der Waals surface area contributed by atoms with Crippen LogP contribution in [0.15, 0.2) is 36.5 Å². The molecule has 0 saturated carbocycles. The smallest absolute Gasteiger partial charge is 0.318 e. The molecular formula is C16H20N2O2S. The third-order valence-electron chi connectivity index (χ3n) is 3.49. The van der Waals surface area contributed by atoms with Crippen LogP contribution in [0.2, 0.25) is 0 Å². The summed E-state index contributed by atoms with van der Waals surface area (Å²) >= 11 is 1.59. The molecule has 112 valence electrons. The first-order valence-electron chi connectivity index (χ1n) is 6.96.